The molecule has 1 saturated heterocycles. The second-order valence-electron chi connectivity index (χ2n) is 8.31. The largest absolute Gasteiger partial charge is 0.504 e. The van der Waals surface area contributed by atoms with E-state index in [1.165, 1.54) is 52.7 Å². The van der Waals surface area contributed by atoms with Crippen LogP contribution in [0, 0.1) is 0 Å². The predicted molar refractivity (Wildman–Crippen MR) is 130 cm³/mol. The van der Waals surface area contributed by atoms with Gasteiger partial charge in [-0.2, -0.15) is 0 Å². The molecule has 2 heterocycles. The summed E-state index contributed by atoms with van der Waals surface area (Å²) in [6.45, 7) is -0.617. The molecular formula is C25H28O13. The number of fused-ring (bicyclic) bond motifs is 1. The molecule has 2 aromatic carbocycles. The Morgan fingerprint density at radius 1 is 0.842 bits per heavy atom. The SMILES string of the molecule is COc1cc(-c2oc3cc(OC)c(OC)c(O)c3c(=O)c2OC)ccc1O[C@H]1O[C@@H](CO)[C@H](O)[C@@H](O)[C@@H]1O. The number of phenols is 1. The third-order valence-electron chi connectivity index (χ3n) is 6.18. The van der Waals surface area contributed by atoms with E-state index >= 15 is 0 Å². The van der Waals surface area contributed by atoms with Crippen molar-refractivity contribution in [2.24, 2.45) is 0 Å². The molecule has 0 saturated carbocycles. The number of aromatic hydroxyl groups is 1. The van der Waals surface area contributed by atoms with Crippen LogP contribution in [0.15, 0.2) is 33.5 Å². The molecule has 0 amide bonds. The van der Waals surface area contributed by atoms with Gasteiger partial charge in [-0.15, -0.1) is 0 Å². The fourth-order valence-corrected chi connectivity index (χ4v) is 4.20. The molecule has 1 aliphatic rings. The molecule has 0 aliphatic carbocycles. The lowest BCUT2D eigenvalue weighted by molar-refractivity contribution is -0.277. The van der Waals surface area contributed by atoms with Crippen LogP contribution in [0.4, 0.5) is 0 Å². The molecule has 38 heavy (non-hydrogen) atoms. The molecule has 1 fully saturated rings. The molecule has 1 aromatic heterocycles. The lowest BCUT2D eigenvalue weighted by atomic mass is 9.99. The Kier molecular flexibility index (Phi) is 7.85. The van der Waals surface area contributed by atoms with E-state index < -0.39 is 48.5 Å². The van der Waals surface area contributed by atoms with Crippen molar-refractivity contribution in [3.8, 4) is 45.8 Å². The fraction of sp³-hybridized carbons (Fsp3) is 0.400. The van der Waals surface area contributed by atoms with Crippen LogP contribution in [0.25, 0.3) is 22.3 Å². The van der Waals surface area contributed by atoms with Gasteiger partial charge in [-0.05, 0) is 18.2 Å². The fourth-order valence-electron chi connectivity index (χ4n) is 4.20. The van der Waals surface area contributed by atoms with Gasteiger partial charge in [0.25, 0.3) is 0 Å². The topological polar surface area (TPSA) is 187 Å². The monoisotopic (exact) mass is 536 g/mol. The van der Waals surface area contributed by atoms with Crippen molar-refractivity contribution in [2.45, 2.75) is 30.7 Å². The zero-order valence-electron chi connectivity index (χ0n) is 20.9. The van der Waals surface area contributed by atoms with E-state index in [0.29, 0.717) is 5.56 Å². The maximum absolute atomic E-state index is 13.3. The van der Waals surface area contributed by atoms with Crippen molar-refractivity contribution in [1.29, 1.82) is 0 Å². The van der Waals surface area contributed by atoms with Crippen molar-refractivity contribution >= 4 is 11.0 Å². The van der Waals surface area contributed by atoms with Crippen molar-refractivity contribution in [2.75, 3.05) is 35.0 Å². The number of methoxy groups -OCH3 is 4. The van der Waals surface area contributed by atoms with E-state index in [9.17, 15) is 30.3 Å². The Balaban J connectivity index is 1.78. The molecule has 4 rings (SSSR count). The van der Waals surface area contributed by atoms with Crippen molar-refractivity contribution < 1.29 is 58.4 Å². The van der Waals surface area contributed by atoms with Crippen LogP contribution in [0.2, 0.25) is 0 Å². The van der Waals surface area contributed by atoms with Gasteiger partial charge in [0.15, 0.2) is 28.8 Å². The number of rotatable bonds is 8. The van der Waals surface area contributed by atoms with Gasteiger partial charge in [0.05, 0.1) is 35.0 Å². The van der Waals surface area contributed by atoms with Gasteiger partial charge in [-0.3, -0.25) is 4.79 Å². The summed E-state index contributed by atoms with van der Waals surface area (Å²) in [5, 5.41) is 50.2. The first kappa shape index (κ1) is 27.3. The van der Waals surface area contributed by atoms with Gasteiger partial charge in [0.2, 0.25) is 23.2 Å². The number of phenolic OH excluding ortho intramolecular Hbond substituents is 1. The summed E-state index contributed by atoms with van der Waals surface area (Å²) < 4.78 is 38.2. The van der Waals surface area contributed by atoms with E-state index in [0.717, 1.165) is 0 Å². The highest BCUT2D eigenvalue weighted by Gasteiger charge is 2.45. The van der Waals surface area contributed by atoms with Crippen LogP contribution in [-0.4, -0.2) is 91.3 Å². The van der Waals surface area contributed by atoms with E-state index in [1.54, 1.807) is 0 Å². The zero-order chi connectivity index (χ0) is 27.7. The van der Waals surface area contributed by atoms with Crippen molar-refractivity contribution in [3.05, 3.63) is 34.5 Å². The number of aliphatic hydroxyl groups excluding tert-OH is 4. The van der Waals surface area contributed by atoms with Crippen LogP contribution in [0.1, 0.15) is 0 Å². The molecular weight excluding hydrogens is 508 g/mol. The Morgan fingerprint density at radius 2 is 1.53 bits per heavy atom. The minimum absolute atomic E-state index is 0.00145. The Bertz CT molecular complexity index is 1370. The third kappa shape index (κ3) is 4.54. The molecule has 0 unspecified atom stereocenters. The summed E-state index contributed by atoms with van der Waals surface area (Å²) >= 11 is 0. The number of ether oxygens (including phenoxy) is 6. The smallest absolute Gasteiger partial charge is 0.239 e. The minimum Gasteiger partial charge on any atom is -0.504 e. The Hall–Kier alpha value is -3.75. The normalized spacial score (nSPS) is 23.2. The minimum atomic E-state index is -1.63. The van der Waals surface area contributed by atoms with Gasteiger partial charge in [0, 0.05) is 11.6 Å². The summed E-state index contributed by atoms with van der Waals surface area (Å²) in [6.07, 6.45) is -7.40. The maximum Gasteiger partial charge on any atom is 0.239 e. The van der Waals surface area contributed by atoms with Crippen LogP contribution in [-0.2, 0) is 4.74 Å². The highest BCUT2D eigenvalue weighted by Crippen LogP contribution is 2.44. The molecule has 0 radical (unpaired) electrons. The lowest BCUT2D eigenvalue weighted by Gasteiger charge is -2.39. The van der Waals surface area contributed by atoms with Gasteiger partial charge in [-0.25, -0.2) is 0 Å². The Morgan fingerprint density at radius 3 is 2.13 bits per heavy atom. The lowest BCUT2D eigenvalue weighted by Crippen LogP contribution is -2.60. The van der Waals surface area contributed by atoms with E-state index in [4.69, 9.17) is 32.8 Å². The van der Waals surface area contributed by atoms with Crippen molar-refractivity contribution in [3.63, 3.8) is 0 Å². The molecule has 0 bridgehead atoms. The second-order valence-corrected chi connectivity index (χ2v) is 8.31. The molecule has 5 N–H and O–H groups in total. The highest BCUT2D eigenvalue weighted by atomic mass is 16.7. The summed E-state index contributed by atoms with van der Waals surface area (Å²) in [5.41, 5.74) is -0.336. The van der Waals surface area contributed by atoms with E-state index in [1.807, 2.05) is 0 Å². The zero-order valence-corrected chi connectivity index (χ0v) is 20.9. The van der Waals surface area contributed by atoms with Gasteiger partial charge >= 0.3 is 0 Å². The van der Waals surface area contributed by atoms with Crippen LogP contribution < -0.4 is 29.1 Å². The molecule has 13 nitrogen and oxygen atoms in total. The van der Waals surface area contributed by atoms with Gasteiger partial charge < -0.3 is 58.4 Å². The molecule has 13 heteroatoms. The average Bonchev–Trinajstić information content (AvgIpc) is 2.92. The first-order valence-electron chi connectivity index (χ1n) is 11.3. The van der Waals surface area contributed by atoms with E-state index in [-0.39, 0.29) is 45.5 Å². The summed E-state index contributed by atoms with van der Waals surface area (Å²) in [7, 11) is 5.30. The molecule has 5 atom stereocenters. The molecule has 206 valence electrons. The van der Waals surface area contributed by atoms with Gasteiger partial charge in [-0.1, -0.05) is 0 Å². The summed E-state index contributed by atoms with van der Waals surface area (Å²) in [5.74, 6) is -0.373. The quantitative estimate of drug-likeness (QED) is 0.266. The van der Waals surface area contributed by atoms with Crippen LogP contribution in [0.3, 0.4) is 0 Å². The number of benzene rings is 2. The highest BCUT2D eigenvalue weighted by molar-refractivity contribution is 5.91. The first-order valence-corrected chi connectivity index (χ1v) is 11.3. The number of hydrogen-bond acceptors (Lipinski definition) is 13. The molecule has 1 aliphatic heterocycles. The van der Waals surface area contributed by atoms with Gasteiger partial charge in [0.1, 0.15) is 35.4 Å². The van der Waals surface area contributed by atoms with Crippen molar-refractivity contribution in [1.82, 2.24) is 0 Å². The predicted octanol–water partition coefficient (Wildman–Crippen LogP) is 0.379. The maximum atomic E-state index is 13.3. The second kappa shape index (κ2) is 10.9. The number of hydrogen-bond donors (Lipinski definition) is 5. The van der Waals surface area contributed by atoms with Crippen LogP contribution >= 0.6 is 0 Å². The summed E-state index contributed by atoms with van der Waals surface area (Å²) in [4.78, 5) is 13.3. The average molecular weight is 536 g/mol. The Labute approximate surface area is 215 Å². The standard InChI is InChI=1S/C25H28O13/c1-32-12-7-10(5-6-11(12)37-25-21(31)20(30)17(27)15(9-26)38-25)22-24(35-4)19(29)16-13(36-22)8-14(33-2)23(34-3)18(16)28/h5-8,15,17,20-21,25-28,30-31H,9H2,1-4H3/t15-,17-,20+,21-,25-/m0/s1. The number of aliphatic hydroxyl groups is 4. The third-order valence-corrected chi connectivity index (χ3v) is 6.18. The first-order chi connectivity index (χ1) is 18.2. The van der Waals surface area contributed by atoms with E-state index in [2.05, 4.69) is 0 Å². The van der Waals surface area contributed by atoms with Crippen LogP contribution in [0.5, 0.6) is 34.5 Å². The molecule has 3 aromatic rings. The summed E-state index contributed by atoms with van der Waals surface area (Å²) in [6, 6.07) is 5.80. The molecule has 0 spiro atoms.